The molecule has 1 aliphatic rings. The zero-order valence-corrected chi connectivity index (χ0v) is 12.4. The Morgan fingerprint density at radius 1 is 1.35 bits per heavy atom. The third-order valence-corrected chi connectivity index (χ3v) is 5.47. The molecular weight excluding hydrogens is 276 g/mol. The van der Waals surface area contributed by atoms with Gasteiger partial charge in [-0.05, 0) is 44.0 Å². The summed E-state index contributed by atoms with van der Waals surface area (Å²) in [5.74, 6) is -0.0835. The van der Waals surface area contributed by atoms with Gasteiger partial charge in [0, 0.05) is 5.56 Å². The molecule has 20 heavy (non-hydrogen) atoms. The molecule has 3 N–H and O–H groups in total. The first-order valence-electron chi connectivity index (χ1n) is 6.66. The second-order valence-corrected chi connectivity index (χ2v) is 7.78. The molecule has 0 saturated carbocycles. The maximum absolute atomic E-state index is 12.2. The second kappa shape index (κ2) is 5.54. The molecule has 110 valence electrons. The number of carbonyl (C=O) groups excluding carboxylic acids is 1. The average Bonchev–Trinajstić information content (AvgIpc) is 2.64. The molecule has 1 fully saturated rings. The lowest BCUT2D eigenvalue weighted by molar-refractivity contribution is 0.0915. The van der Waals surface area contributed by atoms with Crippen LogP contribution in [0.5, 0.6) is 0 Å². The summed E-state index contributed by atoms with van der Waals surface area (Å²) in [6, 6.07) is 7.23. The van der Waals surface area contributed by atoms with Gasteiger partial charge in [0.1, 0.15) is 0 Å². The van der Waals surface area contributed by atoms with Gasteiger partial charge in [-0.15, -0.1) is 0 Å². The summed E-state index contributed by atoms with van der Waals surface area (Å²) < 4.78 is 23.0. The standard InChI is InChI=1S/C14H20N2O3S/c1-14(7-9-20(18,19)10-14)16-13(17)12-4-2-11(3-5-12)6-8-15/h2-5H,6-10,15H2,1H3,(H,16,17). The largest absolute Gasteiger partial charge is 0.346 e. The highest BCUT2D eigenvalue weighted by atomic mass is 32.2. The fourth-order valence-electron chi connectivity index (χ4n) is 2.44. The van der Waals surface area contributed by atoms with Crippen molar-refractivity contribution in [1.29, 1.82) is 0 Å². The van der Waals surface area contributed by atoms with E-state index in [0.29, 0.717) is 18.5 Å². The van der Waals surface area contributed by atoms with E-state index in [1.54, 1.807) is 19.1 Å². The molecule has 6 heteroatoms. The third-order valence-electron chi connectivity index (χ3n) is 3.57. The van der Waals surface area contributed by atoms with Crippen LogP contribution in [-0.4, -0.2) is 37.9 Å². The molecule has 1 aromatic rings. The molecule has 1 unspecified atom stereocenters. The number of hydrogen-bond acceptors (Lipinski definition) is 4. The molecule has 0 spiro atoms. The lowest BCUT2D eigenvalue weighted by Gasteiger charge is -2.23. The van der Waals surface area contributed by atoms with Crippen molar-refractivity contribution in [3.8, 4) is 0 Å². The number of sulfone groups is 1. The van der Waals surface area contributed by atoms with Crippen LogP contribution < -0.4 is 11.1 Å². The maximum atomic E-state index is 12.2. The Labute approximate surface area is 119 Å². The number of benzene rings is 1. The van der Waals surface area contributed by atoms with Gasteiger partial charge < -0.3 is 11.1 Å². The van der Waals surface area contributed by atoms with Gasteiger partial charge in [0.05, 0.1) is 17.0 Å². The minimum absolute atomic E-state index is 0.0109. The molecule has 1 aliphatic heterocycles. The number of hydrogen-bond donors (Lipinski definition) is 2. The van der Waals surface area contributed by atoms with Crippen LogP contribution in [0.25, 0.3) is 0 Å². The molecule has 1 amide bonds. The zero-order valence-electron chi connectivity index (χ0n) is 11.6. The lowest BCUT2D eigenvalue weighted by atomic mass is 10.0. The Morgan fingerprint density at radius 3 is 2.50 bits per heavy atom. The van der Waals surface area contributed by atoms with Crippen LogP contribution in [0, 0.1) is 0 Å². The van der Waals surface area contributed by atoms with E-state index in [2.05, 4.69) is 5.32 Å². The summed E-state index contributed by atoms with van der Waals surface area (Å²) in [6.45, 7) is 2.35. The maximum Gasteiger partial charge on any atom is 0.251 e. The fraction of sp³-hybridized carbons (Fsp3) is 0.500. The highest BCUT2D eigenvalue weighted by molar-refractivity contribution is 7.91. The average molecular weight is 296 g/mol. The summed E-state index contributed by atoms with van der Waals surface area (Å²) in [5.41, 5.74) is 6.43. The smallest absolute Gasteiger partial charge is 0.251 e. The van der Waals surface area contributed by atoms with Crippen LogP contribution in [-0.2, 0) is 16.3 Å². The van der Waals surface area contributed by atoms with Crippen molar-refractivity contribution in [3.63, 3.8) is 0 Å². The minimum atomic E-state index is -3.02. The van der Waals surface area contributed by atoms with Gasteiger partial charge in [-0.3, -0.25) is 4.79 Å². The van der Waals surface area contributed by atoms with Crippen molar-refractivity contribution in [2.45, 2.75) is 25.3 Å². The molecule has 1 saturated heterocycles. The van der Waals surface area contributed by atoms with E-state index in [-0.39, 0.29) is 17.4 Å². The number of carbonyl (C=O) groups is 1. The first-order chi connectivity index (χ1) is 9.34. The van der Waals surface area contributed by atoms with Crippen molar-refractivity contribution in [1.82, 2.24) is 5.32 Å². The van der Waals surface area contributed by atoms with Gasteiger partial charge in [0.2, 0.25) is 0 Å². The number of amides is 1. The van der Waals surface area contributed by atoms with E-state index in [1.807, 2.05) is 12.1 Å². The monoisotopic (exact) mass is 296 g/mol. The molecule has 0 aliphatic carbocycles. The highest BCUT2D eigenvalue weighted by Gasteiger charge is 2.39. The normalized spacial score (nSPS) is 24.5. The van der Waals surface area contributed by atoms with Crippen molar-refractivity contribution >= 4 is 15.7 Å². The van der Waals surface area contributed by atoms with Crippen LogP contribution in [0.4, 0.5) is 0 Å². The molecule has 0 aromatic heterocycles. The van der Waals surface area contributed by atoms with Crippen molar-refractivity contribution < 1.29 is 13.2 Å². The van der Waals surface area contributed by atoms with Crippen molar-refractivity contribution in [2.24, 2.45) is 5.73 Å². The van der Waals surface area contributed by atoms with Crippen LogP contribution in [0.15, 0.2) is 24.3 Å². The molecular formula is C14H20N2O3S. The predicted molar refractivity (Wildman–Crippen MR) is 78.3 cm³/mol. The Morgan fingerprint density at radius 2 is 2.00 bits per heavy atom. The van der Waals surface area contributed by atoms with Gasteiger partial charge in [-0.2, -0.15) is 0 Å². The predicted octanol–water partition coefficient (Wildman–Crippen LogP) is 0.495. The van der Waals surface area contributed by atoms with Gasteiger partial charge in [0.25, 0.3) is 5.91 Å². The summed E-state index contributed by atoms with van der Waals surface area (Å²) in [6.07, 6.45) is 1.24. The third kappa shape index (κ3) is 3.58. The van der Waals surface area contributed by atoms with Gasteiger partial charge in [-0.25, -0.2) is 8.42 Å². The molecule has 1 heterocycles. The second-order valence-electron chi connectivity index (χ2n) is 5.59. The summed E-state index contributed by atoms with van der Waals surface area (Å²) in [4.78, 5) is 12.2. The molecule has 0 bridgehead atoms. The molecule has 0 radical (unpaired) electrons. The summed E-state index contributed by atoms with van der Waals surface area (Å²) >= 11 is 0. The van der Waals surface area contributed by atoms with Gasteiger partial charge >= 0.3 is 0 Å². The highest BCUT2D eigenvalue weighted by Crippen LogP contribution is 2.23. The van der Waals surface area contributed by atoms with E-state index >= 15 is 0 Å². The van der Waals surface area contributed by atoms with Crippen molar-refractivity contribution in [3.05, 3.63) is 35.4 Å². The van der Waals surface area contributed by atoms with E-state index in [4.69, 9.17) is 5.73 Å². The van der Waals surface area contributed by atoms with E-state index in [0.717, 1.165) is 12.0 Å². The molecule has 5 nitrogen and oxygen atoms in total. The quantitative estimate of drug-likeness (QED) is 0.846. The Hall–Kier alpha value is -1.40. The van der Waals surface area contributed by atoms with E-state index in [9.17, 15) is 13.2 Å². The first-order valence-corrected chi connectivity index (χ1v) is 8.48. The topological polar surface area (TPSA) is 89.3 Å². The fourth-order valence-corrected chi connectivity index (χ4v) is 4.54. The van der Waals surface area contributed by atoms with E-state index in [1.165, 1.54) is 0 Å². The number of nitrogens with two attached hydrogens (primary N) is 1. The number of rotatable bonds is 4. The minimum Gasteiger partial charge on any atom is -0.346 e. The van der Waals surface area contributed by atoms with Crippen LogP contribution in [0.2, 0.25) is 0 Å². The lowest BCUT2D eigenvalue weighted by Crippen LogP contribution is -2.46. The number of nitrogens with one attached hydrogen (secondary N) is 1. The zero-order chi connectivity index (χ0) is 14.8. The van der Waals surface area contributed by atoms with Crippen LogP contribution >= 0.6 is 0 Å². The molecule has 2 rings (SSSR count). The van der Waals surface area contributed by atoms with Gasteiger partial charge in [0.15, 0.2) is 9.84 Å². The summed E-state index contributed by atoms with van der Waals surface area (Å²) in [5, 5.41) is 2.84. The Balaban J connectivity index is 2.05. The van der Waals surface area contributed by atoms with Crippen LogP contribution in [0.3, 0.4) is 0 Å². The summed E-state index contributed by atoms with van der Waals surface area (Å²) in [7, 11) is -3.02. The molecule has 1 atom stereocenters. The van der Waals surface area contributed by atoms with Crippen molar-refractivity contribution in [2.75, 3.05) is 18.1 Å². The Kier molecular flexibility index (Phi) is 4.15. The van der Waals surface area contributed by atoms with Crippen LogP contribution in [0.1, 0.15) is 29.3 Å². The van der Waals surface area contributed by atoms with E-state index < -0.39 is 15.4 Å². The molecule has 1 aromatic carbocycles. The first kappa shape index (κ1) is 15.0. The Bertz CT molecular complexity index is 595. The SMILES string of the molecule is CC1(NC(=O)c2ccc(CCN)cc2)CCS(=O)(=O)C1. The van der Waals surface area contributed by atoms with Gasteiger partial charge in [-0.1, -0.05) is 12.1 Å².